The van der Waals surface area contributed by atoms with Gasteiger partial charge in [0.15, 0.2) is 5.70 Å². The normalized spacial score (nSPS) is 15.9. The zero-order valence-electron chi connectivity index (χ0n) is 11.9. The van der Waals surface area contributed by atoms with Crippen molar-refractivity contribution in [2.75, 3.05) is 7.11 Å². The number of nitrogens with zero attached hydrogens (tertiary/aromatic N) is 1. The maximum atomic E-state index is 12.0. The largest absolute Gasteiger partial charge is 0.496 e. The minimum atomic E-state index is -0.455. The van der Waals surface area contributed by atoms with Crippen molar-refractivity contribution in [3.8, 4) is 5.75 Å². The molecule has 1 aromatic heterocycles. The fourth-order valence-electron chi connectivity index (χ4n) is 2.03. The van der Waals surface area contributed by atoms with Gasteiger partial charge in [0.2, 0.25) is 5.90 Å². The van der Waals surface area contributed by atoms with Gasteiger partial charge in [0.1, 0.15) is 5.75 Å². The molecule has 0 unspecified atom stereocenters. The molecule has 0 atom stereocenters. The molecule has 0 fully saturated rings. The Bertz CT molecular complexity index is 807. The van der Waals surface area contributed by atoms with Crippen LogP contribution in [0.15, 0.2) is 45.5 Å². The molecule has 0 N–H and O–H groups in total. The van der Waals surface area contributed by atoms with Gasteiger partial charge in [0, 0.05) is 14.9 Å². The lowest BCUT2D eigenvalue weighted by atomic mass is 10.1. The monoisotopic (exact) mass is 377 g/mol. The number of hydrogen-bond acceptors (Lipinski definition) is 5. The summed E-state index contributed by atoms with van der Waals surface area (Å²) >= 11 is 4.94. The molecule has 3 rings (SSSR count). The molecule has 1 aromatic carbocycles. The van der Waals surface area contributed by atoms with Crippen molar-refractivity contribution in [1.29, 1.82) is 0 Å². The van der Waals surface area contributed by atoms with E-state index in [1.165, 1.54) is 11.3 Å². The third-order valence-corrected chi connectivity index (χ3v) is 4.54. The lowest BCUT2D eigenvalue weighted by Gasteiger charge is -2.04. The number of aliphatic imine (C=N–C) groups is 1. The Labute approximate surface area is 140 Å². The third-order valence-electron chi connectivity index (χ3n) is 3.06. The van der Waals surface area contributed by atoms with Crippen LogP contribution in [0.25, 0.3) is 6.08 Å². The Hall–Kier alpha value is -1.92. The van der Waals surface area contributed by atoms with Crippen molar-refractivity contribution in [3.05, 3.63) is 55.8 Å². The summed E-state index contributed by atoms with van der Waals surface area (Å²) in [4.78, 5) is 18.3. The second-order valence-electron chi connectivity index (χ2n) is 4.63. The number of halogens is 1. The van der Waals surface area contributed by atoms with E-state index in [2.05, 4.69) is 20.9 Å². The first-order chi connectivity index (χ1) is 10.6. The van der Waals surface area contributed by atoms with E-state index in [0.29, 0.717) is 11.6 Å². The van der Waals surface area contributed by atoms with Gasteiger partial charge in [-0.2, -0.15) is 0 Å². The number of esters is 1. The van der Waals surface area contributed by atoms with Crippen LogP contribution in [0.5, 0.6) is 5.75 Å². The molecule has 2 aromatic rings. The zero-order valence-corrected chi connectivity index (χ0v) is 14.3. The molecule has 22 heavy (non-hydrogen) atoms. The fourth-order valence-corrected chi connectivity index (χ4v) is 3.20. The van der Waals surface area contributed by atoms with Gasteiger partial charge in [-0.1, -0.05) is 15.9 Å². The third kappa shape index (κ3) is 2.98. The topological polar surface area (TPSA) is 47.9 Å². The molecular formula is C16H12BrNO3S. The van der Waals surface area contributed by atoms with Crippen LogP contribution < -0.4 is 4.74 Å². The van der Waals surface area contributed by atoms with E-state index in [-0.39, 0.29) is 5.70 Å². The second-order valence-corrected chi connectivity index (χ2v) is 6.84. The number of thiophene rings is 1. The smallest absolute Gasteiger partial charge is 0.363 e. The van der Waals surface area contributed by atoms with Gasteiger partial charge in [0.05, 0.1) is 12.0 Å². The van der Waals surface area contributed by atoms with Crippen molar-refractivity contribution < 1.29 is 14.3 Å². The van der Waals surface area contributed by atoms with Crippen LogP contribution in [-0.2, 0) is 9.53 Å². The molecule has 112 valence electrons. The highest BCUT2D eigenvalue weighted by atomic mass is 79.9. The first-order valence-corrected chi connectivity index (χ1v) is 8.10. The summed E-state index contributed by atoms with van der Waals surface area (Å²) in [5.74, 6) is 0.561. The molecule has 4 nitrogen and oxygen atoms in total. The predicted molar refractivity (Wildman–Crippen MR) is 90.4 cm³/mol. The van der Waals surface area contributed by atoms with Crippen molar-refractivity contribution in [3.63, 3.8) is 0 Å². The minimum Gasteiger partial charge on any atom is -0.496 e. The lowest BCUT2D eigenvalue weighted by Crippen LogP contribution is -2.03. The Morgan fingerprint density at radius 1 is 1.32 bits per heavy atom. The van der Waals surface area contributed by atoms with Gasteiger partial charge in [-0.15, -0.1) is 11.3 Å². The van der Waals surface area contributed by atoms with Crippen LogP contribution in [0.1, 0.15) is 15.3 Å². The number of carbonyl (C=O) groups excluding carboxylic acids is 1. The van der Waals surface area contributed by atoms with Crippen LogP contribution in [0, 0.1) is 6.92 Å². The highest BCUT2D eigenvalue weighted by molar-refractivity contribution is 9.10. The highest BCUT2D eigenvalue weighted by Gasteiger charge is 2.25. The van der Waals surface area contributed by atoms with Crippen molar-refractivity contribution in [2.45, 2.75) is 6.92 Å². The maximum absolute atomic E-state index is 12.0. The molecule has 0 spiro atoms. The molecule has 0 aliphatic carbocycles. The number of hydrogen-bond donors (Lipinski definition) is 0. The summed E-state index contributed by atoms with van der Waals surface area (Å²) in [5.41, 5.74) is 1.02. The molecule has 0 amide bonds. The van der Waals surface area contributed by atoms with Crippen LogP contribution in [0.4, 0.5) is 0 Å². The van der Waals surface area contributed by atoms with Gasteiger partial charge in [0.25, 0.3) is 0 Å². The van der Waals surface area contributed by atoms with E-state index >= 15 is 0 Å². The number of ether oxygens (including phenoxy) is 2. The molecular weight excluding hydrogens is 366 g/mol. The Morgan fingerprint density at radius 3 is 2.82 bits per heavy atom. The van der Waals surface area contributed by atoms with Gasteiger partial charge in [-0.05, 0) is 43.3 Å². The van der Waals surface area contributed by atoms with Crippen molar-refractivity contribution in [2.24, 2.45) is 4.99 Å². The quantitative estimate of drug-likeness (QED) is 0.595. The Morgan fingerprint density at radius 2 is 2.14 bits per heavy atom. The average Bonchev–Trinajstić information content (AvgIpc) is 3.06. The molecule has 6 heteroatoms. The minimum absolute atomic E-state index is 0.262. The maximum Gasteiger partial charge on any atom is 0.363 e. The first kappa shape index (κ1) is 15.0. The summed E-state index contributed by atoms with van der Waals surface area (Å²) in [7, 11) is 1.58. The zero-order chi connectivity index (χ0) is 15.7. The summed E-state index contributed by atoms with van der Waals surface area (Å²) in [6.45, 7) is 1.99. The summed E-state index contributed by atoms with van der Waals surface area (Å²) in [5, 5.41) is 0. The number of rotatable bonds is 3. The van der Waals surface area contributed by atoms with Gasteiger partial charge >= 0.3 is 5.97 Å². The van der Waals surface area contributed by atoms with Gasteiger partial charge < -0.3 is 9.47 Å². The van der Waals surface area contributed by atoms with Crippen molar-refractivity contribution in [1.82, 2.24) is 0 Å². The number of carbonyl (C=O) groups is 1. The molecule has 0 saturated heterocycles. The van der Waals surface area contributed by atoms with E-state index in [0.717, 1.165) is 19.8 Å². The van der Waals surface area contributed by atoms with Crippen LogP contribution in [0.3, 0.4) is 0 Å². The molecule has 1 aliphatic heterocycles. The summed E-state index contributed by atoms with van der Waals surface area (Å²) in [6.07, 6.45) is 1.67. The summed E-state index contributed by atoms with van der Waals surface area (Å²) < 4.78 is 11.4. The van der Waals surface area contributed by atoms with E-state index < -0.39 is 5.97 Å². The van der Waals surface area contributed by atoms with Crippen LogP contribution in [-0.4, -0.2) is 19.0 Å². The first-order valence-electron chi connectivity index (χ1n) is 6.50. The van der Waals surface area contributed by atoms with E-state index in [1.807, 2.05) is 37.3 Å². The van der Waals surface area contributed by atoms with Gasteiger partial charge in [-0.25, -0.2) is 9.79 Å². The second kappa shape index (κ2) is 6.06. The SMILES string of the molecule is COc1ccc(Br)cc1/C=C1\N=C(c2ccc(C)s2)OC1=O. The van der Waals surface area contributed by atoms with E-state index in [4.69, 9.17) is 9.47 Å². The van der Waals surface area contributed by atoms with E-state index in [1.54, 1.807) is 13.2 Å². The lowest BCUT2D eigenvalue weighted by molar-refractivity contribution is -0.129. The Kier molecular flexibility index (Phi) is 4.13. The van der Waals surface area contributed by atoms with Crippen LogP contribution in [0.2, 0.25) is 0 Å². The molecule has 0 radical (unpaired) electrons. The van der Waals surface area contributed by atoms with E-state index in [9.17, 15) is 4.79 Å². The molecule has 0 saturated carbocycles. The number of benzene rings is 1. The summed E-state index contributed by atoms with van der Waals surface area (Å²) in [6, 6.07) is 9.42. The van der Waals surface area contributed by atoms with Crippen LogP contribution >= 0.6 is 27.3 Å². The van der Waals surface area contributed by atoms with Crippen molar-refractivity contribution >= 4 is 45.2 Å². The molecule has 0 bridgehead atoms. The molecule has 1 aliphatic rings. The fraction of sp³-hybridized carbons (Fsp3) is 0.125. The van der Waals surface area contributed by atoms with Gasteiger partial charge in [-0.3, -0.25) is 0 Å². The number of methoxy groups -OCH3 is 1. The predicted octanol–water partition coefficient (Wildman–Crippen LogP) is 4.17. The molecule has 2 heterocycles. The number of cyclic esters (lactones) is 1. The number of aryl methyl sites for hydroxylation is 1. The Balaban J connectivity index is 1.99. The average molecular weight is 378 g/mol. The highest BCUT2D eigenvalue weighted by Crippen LogP contribution is 2.28. The standard InChI is InChI=1S/C16H12BrNO3S/c1-9-3-6-14(22-9)15-18-12(16(19)21-15)8-10-7-11(17)4-5-13(10)20-2/h3-8H,1-2H3/b12-8-.